The first-order chi connectivity index (χ1) is 9.31. The molecule has 2 saturated heterocycles. The Labute approximate surface area is 110 Å². The molecule has 0 saturated carbocycles. The number of hydrogen-bond acceptors (Lipinski definition) is 4. The molecule has 0 spiro atoms. The summed E-state index contributed by atoms with van der Waals surface area (Å²) in [6.45, 7) is 1.38. The lowest BCUT2D eigenvalue weighted by atomic mass is 10.1. The van der Waals surface area contributed by atoms with Crippen LogP contribution >= 0.6 is 0 Å². The smallest absolute Gasteiger partial charge is 0.254 e. The summed E-state index contributed by atoms with van der Waals surface area (Å²) in [6.07, 6.45) is 4.50. The number of nitrogens with zero attached hydrogens (tertiary/aromatic N) is 3. The summed E-state index contributed by atoms with van der Waals surface area (Å²) >= 11 is 0. The Balaban J connectivity index is 1.68. The normalized spacial score (nSPS) is 25.2. The van der Waals surface area contributed by atoms with Crippen LogP contribution < -0.4 is 0 Å². The molecule has 3 heterocycles. The van der Waals surface area contributed by atoms with Crippen molar-refractivity contribution in [3.63, 3.8) is 0 Å². The molecule has 0 aliphatic carbocycles. The SMILES string of the molecule is O=C(c1ccc2nccnc2c1)N1CC2CC1CO2. The molecular weight excluding hydrogens is 242 g/mol. The van der Waals surface area contributed by atoms with Gasteiger partial charge in [-0.15, -0.1) is 0 Å². The highest BCUT2D eigenvalue weighted by Crippen LogP contribution is 2.29. The molecular formula is C14H13N3O2. The average Bonchev–Trinajstić information content (AvgIpc) is 3.08. The second kappa shape index (κ2) is 3.99. The Morgan fingerprint density at radius 1 is 1.26 bits per heavy atom. The molecule has 2 unspecified atom stereocenters. The number of carbonyl (C=O) groups is 1. The van der Waals surface area contributed by atoms with E-state index < -0.39 is 0 Å². The minimum Gasteiger partial charge on any atom is -0.374 e. The van der Waals surface area contributed by atoms with E-state index >= 15 is 0 Å². The van der Waals surface area contributed by atoms with Crippen molar-refractivity contribution in [3.05, 3.63) is 36.2 Å². The Hall–Kier alpha value is -2.01. The van der Waals surface area contributed by atoms with Gasteiger partial charge in [0, 0.05) is 24.5 Å². The number of rotatable bonds is 1. The van der Waals surface area contributed by atoms with E-state index in [2.05, 4.69) is 9.97 Å². The Bertz CT molecular complexity index is 658. The minimum atomic E-state index is 0.0725. The molecule has 1 aromatic heterocycles. The zero-order valence-corrected chi connectivity index (χ0v) is 10.3. The molecule has 2 fully saturated rings. The van der Waals surface area contributed by atoms with E-state index in [-0.39, 0.29) is 18.1 Å². The highest BCUT2D eigenvalue weighted by molar-refractivity contribution is 5.97. The highest BCUT2D eigenvalue weighted by Gasteiger charge is 2.41. The van der Waals surface area contributed by atoms with E-state index in [9.17, 15) is 4.79 Å². The first-order valence-corrected chi connectivity index (χ1v) is 6.44. The molecule has 5 heteroatoms. The van der Waals surface area contributed by atoms with E-state index in [1.54, 1.807) is 12.4 Å². The van der Waals surface area contributed by atoms with Crippen molar-refractivity contribution in [2.24, 2.45) is 0 Å². The first kappa shape index (κ1) is 10.9. The molecule has 19 heavy (non-hydrogen) atoms. The summed E-state index contributed by atoms with van der Waals surface area (Å²) in [5, 5.41) is 0. The van der Waals surface area contributed by atoms with E-state index in [1.807, 2.05) is 23.1 Å². The largest absolute Gasteiger partial charge is 0.374 e. The maximum absolute atomic E-state index is 12.5. The van der Waals surface area contributed by atoms with Gasteiger partial charge in [-0.3, -0.25) is 14.8 Å². The molecule has 2 aromatic rings. The first-order valence-electron chi connectivity index (χ1n) is 6.44. The molecule has 0 radical (unpaired) electrons. The van der Waals surface area contributed by atoms with Crippen LogP contribution in [0.15, 0.2) is 30.6 Å². The Kier molecular flexibility index (Phi) is 2.29. The van der Waals surface area contributed by atoms with Crippen molar-refractivity contribution in [1.29, 1.82) is 0 Å². The van der Waals surface area contributed by atoms with Gasteiger partial charge < -0.3 is 9.64 Å². The van der Waals surface area contributed by atoms with Crippen molar-refractivity contribution in [2.75, 3.05) is 13.2 Å². The van der Waals surface area contributed by atoms with E-state index in [0.717, 1.165) is 17.5 Å². The van der Waals surface area contributed by atoms with Crippen LogP contribution in [-0.2, 0) is 4.74 Å². The van der Waals surface area contributed by atoms with Gasteiger partial charge in [0.05, 0.1) is 29.8 Å². The van der Waals surface area contributed by atoms with Crippen LogP contribution in [0.3, 0.4) is 0 Å². The lowest BCUT2D eigenvalue weighted by Gasteiger charge is -2.26. The highest BCUT2D eigenvalue weighted by atomic mass is 16.5. The number of aromatic nitrogens is 2. The summed E-state index contributed by atoms with van der Waals surface area (Å²) in [5.41, 5.74) is 2.25. The average molecular weight is 255 g/mol. The molecule has 0 N–H and O–H groups in total. The summed E-state index contributed by atoms with van der Waals surface area (Å²) in [5.74, 6) is 0.0725. The Morgan fingerprint density at radius 3 is 2.84 bits per heavy atom. The molecule has 4 rings (SSSR count). The van der Waals surface area contributed by atoms with Crippen LogP contribution in [0.4, 0.5) is 0 Å². The van der Waals surface area contributed by atoms with Crippen molar-refractivity contribution in [2.45, 2.75) is 18.6 Å². The number of fused-ring (bicyclic) bond motifs is 3. The topological polar surface area (TPSA) is 55.3 Å². The van der Waals surface area contributed by atoms with Crippen molar-refractivity contribution in [3.8, 4) is 0 Å². The number of likely N-dealkylation sites (tertiary alicyclic amines) is 1. The van der Waals surface area contributed by atoms with E-state index in [4.69, 9.17) is 4.74 Å². The number of carbonyl (C=O) groups excluding carboxylic acids is 1. The van der Waals surface area contributed by atoms with Gasteiger partial charge in [-0.25, -0.2) is 0 Å². The fourth-order valence-corrected chi connectivity index (χ4v) is 2.91. The molecule has 1 amide bonds. The van der Waals surface area contributed by atoms with Crippen LogP contribution in [0, 0.1) is 0 Å². The van der Waals surface area contributed by atoms with E-state index in [0.29, 0.717) is 18.7 Å². The monoisotopic (exact) mass is 255 g/mol. The maximum Gasteiger partial charge on any atom is 0.254 e. The standard InChI is InChI=1S/C14H13N3O2/c18-14(17-7-11-6-10(17)8-19-11)9-1-2-12-13(5-9)16-4-3-15-12/h1-5,10-11H,6-8H2. The zero-order valence-electron chi connectivity index (χ0n) is 10.3. The molecule has 5 nitrogen and oxygen atoms in total. The fraction of sp³-hybridized carbons (Fsp3) is 0.357. The number of benzene rings is 1. The number of hydrogen-bond donors (Lipinski definition) is 0. The summed E-state index contributed by atoms with van der Waals surface area (Å²) in [7, 11) is 0. The number of morpholine rings is 1. The van der Waals surface area contributed by atoms with Gasteiger partial charge in [0.15, 0.2) is 0 Å². The molecule has 2 aliphatic heterocycles. The molecule has 2 atom stereocenters. The summed E-state index contributed by atoms with van der Waals surface area (Å²) in [6, 6.07) is 5.74. The van der Waals surface area contributed by atoms with Gasteiger partial charge in [0.25, 0.3) is 5.91 Å². The van der Waals surface area contributed by atoms with Crippen molar-refractivity contribution < 1.29 is 9.53 Å². The summed E-state index contributed by atoms with van der Waals surface area (Å²) < 4.78 is 5.52. The molecule has 1 aromatic carbocycles. The van der Waals surface area contributed by atoms with Crippen LogP contribution in [0.2, 0.25) is 0 Å². The van der Waals surface area contributed by atoms with Crippen molar-refractivity contribution >= 4 is 16.9 Å². The third kappa shape index (κ3) is 1.69. The quantitative estimate of drug-likeness (QED) is 0.769. The lowest BCUT2D eigenvalue weighted by molar-refractivity contribution is 0.0259. The lowest BCUT2D eigenvalue weighted by Crippen LogP contribution is -2.41. The third-order valence-electron chi connectivity index (χ3n) is 3.88. The van der Waals surface area contributed by atoms with Crippen LogP contribution in [0.5, 0.6) is 0 Å². The van der Waals surface area contributed by atoms with E-state index in [1.165, 1.54) is 0 Å². The molecule has 2 bridgehead atoms. The summed E-state index contributed by atoms with van der Waals surface area (Å²) in [4.78, 5) is 22.9. The number of ether oxygens (including phenoxy) is 1. The predicted octanol–water partition coefficient (Wildman–Crippen LogP) is 1.24. The molecule has 2 aliphatic rings. The van der Waals surface area contributed by atoms with Gasteiger partial charge in [-0.2, -0.15) is 0 Å². The van der Waals surface area contributed by atoms with Crippen LogP contribution in [0.25, 0.3) is 11.0 Å². The third-order valence-corrected chi connectivity index (χ3v) is 3.88. The Morgan fingerprint density at radius 2 is 2.11 bits per heavy atom. The van der Waals surface area contributed by atoms with Gasteiger partial charge in [-0.05, 0) is 24.6 Å². The second-order valence-corrected chi connectivity index (χ2v) is 5.06. The molecule has 96 valence electrons. The van der Waals surface area contributed by atoms with Crippen LogP contribution in [-0.4, -0.2) is 46.1 Å². The van der Waals surface area contributed by atoms with Gasteiger partial charge in [-0.1, -0.05) is 0 Å². The van der Waals surface area contributed by atoms with Gasteiger partial charge in [0.1, 0.15) is 0 Å². The maximum atomic E-state index is 12.5. The minimum absolute atomic E-state index is 0.0725. The van der Waals surface area contributed by atoms with Crippen LogP contribution in [0.1, 0.15) is 16.8 Å². The van der Waals surface area contributed by atoms with Gasteiger partial charge in [0.2, 0.25) is 0 Å². The fourth-order valence-electron chi connectivity index (χ4n) is 2.91. The zero-order chi connectivity index (χ0) is 12.8. The predicted molar refractivity (Wildman–Crippen MR) is 68.7 cm³/mol. The van der Waals surface area contributed by atoms with Crippen molar-refractivity contribution in [1.82, 2.24) is 14.9 Å². The number of amides is 1. The second-order valence-electron chi connectivity index (χ2n) is 5.06. The van der Waals surface area contributed by atoms with Gasteiger partial charge >= 0.3 is 0 Å².